The predicted molar refractivity (Wildman–Crippen MR) is 78.5 cm³/mol. The fourth-order valence-electron chi connectivity index (χ4n) is 1.94. The number of thiophene rings is 1. The van der Waals surface area contributed by atoms with E-state index in [-0.39, 0.29) is 16.1 Å². The summed E-state index contributed by atoms with van der Waals surface area (Å²) in [6.07, 6.45) is 1.23. The molecule has 0 saturated carbocycles. The van der Waals surface area contributed by atoms with E-state index in [1.165, 1.54) is 28.6 Å². The van der Waals surface area contributed by atoms with Gasteiger partial charge >= 0.3 is 5.97 Å². The lowest BCUT2D eigenvalue weighted by atomic mass is 10.3. The first-order chi connectivity index (χ1) is 10.1. The molecule has 1 amide bonds. The van der Waals surface area contributed by atoms with E-state index in [2.05, 4.69) is 10.3 Å². The van der Waals surface area contributed by atoms with Gasteiger partial charge in [-0.15, -0.1) is 11.3 Å². The zero-order valence-electron chi connectivity index (χ0n) is 10.5. The van der Waals surface area contributed by atoms with E-state index < -0.39 is 17.4 Å². The number of rotatable bonds is 3. The Kier molecular flexibility index (Phi) is 3.52. The first-order valence-corrected chi connectivity index (χ1v) is 7.79. The highest BCUT2D eigenvalue weighted by atomic mass is 32.2. The normalized spacial score (nSPS) is 13.0. The van der Waals surface area contributed by atoms with Crippen molar-refractivity contribution in [2.24, 2.45) is 0 Å². The minimum absolute atomic E-state index is 0.0214. The van der Waals surface area contributed by atoms with Crippen molar-refractivity contribution in [3.8, 4) is 0 Å². The summed E-state index contributed by atoms with van der Waals surface area (Å²) in [6.45, 7) is 0.520. The minimum Gasteiger partial charge on any atom is -0.477 e. The van der Waals surface area contributed by atoms with Crippen LogP contribution in [-0.2, 0) is 6.54 Å². The maximum absolute atomic E-state index is 12.2. The number of aromatic carboxylic acids is 1. The lowest BCUT2D eigenvalue weighted by molar-refractivity contribution is 0.0703. The molecule has 0 unspecified atom stereocenters. The monoisotopic (exact) mass is 323 g/mol. The van der Waals surface area contributed by atoms with Gasteiger partial charge in [0.25, 0.3) is 11.5 Å². The van der Waals surface area contributed by atoms with Crippen molar-refractivity contribution in [2.75, 3.05) is 11.1 Å². The van der Waals surface area contributed by atoms with Gasteiger partial charge in [0.1, 0.15) is 10.4 Å². The number of amides is 1. The molecule has 2 aromatic rings. The Balaban J connectivity index is 1.91. The molecule has 1 aliphatic heterocycles. The van der Waals surface area contributed by atoms with E-state index in [0.29, 0.717) is 11.7 Å². The Morgan fingerprint density at radius 3 is 3.00 bits per heavy atom. The molecule has 9 heteroatoms. The highest BCUT2D eigenvalue weighted by molar-refractivity contribution is 7.99. The van der Waals surface area contributed by atoms with Crippen molar-refractivity contribution in [3.05, 3.63) is 38.4 Å². The highest BCUT2D eigenvalue weighted by Gasteiger charge is 2.21. The third kappa shape index (κ3) is 2.45. The summed E-state index contributed by atoms with van der Waals surface area (Å²) in [6, 6.07) is 1.49. The number of carbonyl (C=O) groups excluding carboxylic acids is 1. The highest BCUT2D eigenvalue weighted by Crippen LogP contribution is 2.23. The summed E-state index contributed by atoms with van der Waals surface area (Å²) in [5, 5.41) is 13.6. The van der Waals surface area contributed by atoms with E-state index in [9.17, 15) is 14.4 Å². The molecule has 0 bridgehead atoms. The second-order valence-corrected chi connectivity index (χ2v) is 6.16. The van der Waals surface area contributed by atoms with Crippen LogP contribution < -0.4 is 10.9 Å². The molecule has 0 atom stereocenters. The van der Waals surface area contributed by atoms with Gasteiger partial charge in [0.05, 0.1) is 5.69 Å². The number of thioether (sulfide) groups is 1. The molecule has 0 radical (unpaired) electrons. The van der Waals surface area contributed by atoms with Gasteiger partial charge in [-0.3, -0.25) is 14.2 Å². The van der Waals surface area contributed by atoms with E-state index in [1.807, 2.05) is 0 Å². The number of hydrogen-bond acceptors (Lipinski definition) is 6. The number of aromatic nitrogens is 2. The molecule has 0 saturated heterocycles. The Labute approximate surface area is 126 Å². The molecule has 1 aliphatic rings. The molecule has 2 N–H and O–H groups in total. The summed E-state index contributed by atoms with van der Waals surface area (Å²) in [5.41, 5.74) is -0.324. The van der Waals surface area contributed by atoms with Gasteiger partial charge in [-0.1, -0.05) is 11.8 Å². The summed E-state index contributed by atoms with van der Waals surface area (Å²) in [7, 11) is 0. The van der Waals surface area contributed by atoms with Crippen LogP contribution in [-0.4, -0.2) is 32.3 Å². The number of nitrogens with zero attached hydrogens (tertiary/aromatic N) is 2. The van der Waals surface area contributed by atoms with Gasteiger partial charge in [0, 0.05) is 18.5 Å². The average molecular weight is 323 g/mol. The third-order valence-electron chi connectivity index (χ3n) is 2.91. The van der Waals surface area contributed by atoms with E-state index in [0.717, 1.165) is 17.1 Å². The summed E-state index contributed by atoms with van der Waals surface area (Å²) < 4.78 is 1.45. The number of fused-ring (bicyclic) bond motifs is 1. The van der Waals surface area contributed by atoms with Crippen molar-refractivity contribution >= 4 is 40.7 Å². The lowest BCUT2D eigenvalue weighted by Crippen LogP contribution is -2.29. The smallest absolute Gasteiger partial charge is 0.348 e. The first kappa shape index (κ1) is 13.8. The average Bonchev–Trinajstić information content (AvgIpc) is 3.07. The van der Waals surface area contributed by atoms with Crippen molar-refractivity contribution < 1.29 is 14.7 Å². The quantitative estimate of drug-likeness (QED) is 0.827. The number of nitrogens with one attached hydrogen (secondary N) is 1. The second-order valence-electron chi connectivity index (χ2n) is 4.18. The fourth-order valence-corrected chi connectivity index (χ4v) is 3.54. The maximum atomic E-state index is 12.2. The Morgan fingerprint density at radius 1 is 1.43 bits per heavy atom. The minimum atomic E-state index is -1.12. The van der Waals surface area contributed by atoms with E-state index in [1.54, 1.807) is 5.38 Å². The summed E-state index contributed by atoms with van der Waals surface area (Å²) in [5.74, 6) is -1.03. The van der Waals surface area contributed by atoms with Gasteiger partial charge in [-0.2, -0.15) is 0 Å². The number of carbonyl (C=O) groups is 2. The molecule has 21 heavy (non-hydrogen) atoms. The van der Waals surface area contributed by atoms with Crippen molar-refractivity contribution in [1.29, 1.82) is 0 Å². The van der Waals surface area contributed by atoms with Crippen molar-refractivity contribution in [1.82, 2.24) is 9.55 Å². The Morgan fingerprint density at radius 2 is 2.24 bits per heavy atom. The molecular formula is C12H9N3O4S2. The molecular weight excluding hydrogens is 314 g/mol. The zero-order valence-corrected chi connectivity index (χ0v) is 12.2. The standard InChI is InChI=1S/C12H9N3O4S2/c16-9(14-7-1-3-20-8(7)11(18)19)6-5-13-12-15(10(6)17)2-4-21-12/h1,3,5H,2,4H2,(H,14,16)(H,18,19). The van der Waals surface area contributed by atoms with Crippen LogP contribution in [0, 0.1) is 0 Å². The van der Waals surface area contributed by atoms with Crippen LogP contribution in [0.3, 0.4) is 0 Å². The van der Waals surface area contributed by atoms with Crippen molar-refractivity contribution in [2.45, 2.75) is 11.7 Å². The first-order valence-electron chi connectivity index (χ1n) is 5.92. The van der Waals surface area contributed by atoms with Gasteiger partial charge in [-0.05, 0) is 11.4 Å². The topological polar surface area (TPSA) is 101 Å². The number of carboxylic acid groups (broad SMARTS) is 1. The second kappa shape index (κ2) is 5.34. The SMILES string of the molecule is O=C(O)c1sccc1NC(=O)c1cnc2n(c1=O)CCS2. The molecule has 2 aromatic heterocycles. The predicted octanol–water partition coefficient (Wildman–Crippen LogP) is 1.36. The summed E-state index contributed by atoms with van der Waals surface area (Å²) >= 11 is 2.46. The molecule has 0 fully saturated rings. The summed E-state index contributed by atoms with van der Waals surface area (Å²) in [4.78, 5) is 39.4. The molecule has 0 aromatic carbocycles. The lowest BCUT2D eigenvalue weighted by Gasteiger charge is -2.06. The van der Waals surface area contributed by atoms with Crippen LogP contribution in [0.5, 0.6) is 0 Å². The van der Waals surface area contributed by atoms with Crippen molar-refractivity contribution in [3.63, 3.8) is 0 Å². The van der Waals surface area contributed by atoms with E-state index >= 15 is 0 Å². The molecule has 3 heterocycles. The molecule has 108 valence electrons. The molecule has 0 aliphatic carbocycles. The van der Waals surface area contributed by atoms with Crippen LogP contribution in [0.15, 0.2) is 27.6 Å². The van der Waals surface area contributed by atoms with Gasteiger partial charge in [0.2, 0.25) is 0 Å². The van der Waals surface area contributed by atoms with Crippen LogP contribution >= 0.6 is 23.1 Å². The molecule has 0 spiro atoms. The maximum Gasteiger partial charge on any atom is 0.348 e. The van der Waals surface area contributed by atoms with Crippen LogP contribution in [0.1, 0.15) is 20.0 Å². The number of carboxylic acids is 1. The fraction of sp³-hybridized carbons (Fsp3) is 0.167. The van der Waals surface area contributed by atoms with Crippen LogP contribution in [0.25, 0.3) is 0 Å². The van der Waals surface area contributed by atoms with Gasteiger partial charge < -0.3 is 10.4 Å². The zero-order chi connectivity index (χ0) is 15.0. The third-order valence-corrected chi connectivity index (χ3v) is 4.78. The van der Waals surface area contributed by atoms with E-state index in [4.69, 9.17) is 5.11 Å². The largest absolute Gasteiger partial charge is 0.477 e. The number of anilines is 1. The Bertz CT molecular complexity index is 796. The number of hydrogen-bond donors (Lipinski definition) is 2. The Hall–Kier alpha value is -2.13. The van der Waals surface area contributed by atoms with Crippen LogP contribution in [0.2, 0.25) is 0 Å². The van der Waals surface area contributed by atoms with Gasteiger partial charge in [0.15, 0.2) is 5.16 Å². The van der Waals surface area contributed by atoms with Crippen LogP contribution in [0.4, 0.5) is 5.69 Å². The van der Waals surface area contributed by atoms with Gasteiger partial charge in [-0.25, -0.2) is 9.78 Å². The molecule has 3 rings (SSSR count). The molecule has 7 nitrogen and oxygen atoms in total.